The normalized spacial score (nSPS) is 10.6. The maximum Gasteiger partial charge on any atom is 0.181 e. The predicted molar refractivity (Wildman–Crippen MR) is 59.2 cm³/mol. The fourth-order valence-corrected chi connectivity index (χ4v) is 1.98. The van der Waals surface area contributed by atoms with Gasteiger partial charge in [0.25, 0.3) is 0 Å². The summed E-state index contributed by atoms with van der Waals surface area (Å²) in [5, 5.41) is 0. The molecule has 2 aromatic rings. The lowest BCUT2D eigenvalue weighted by molar-refractivity contribution is 0.570. The molecule has 0 spiro atoms. The summed E-state index contributed by atoms with van der Waals surface area (Å²) in [6, 6.07) is 4.35. The number of aromatic nitrogens is 1. The van der Waals surface area contributed by atoms with Gasteiger partial charge in [0.1, 0.15) is 11.5 Å². The van der Waals surface area contributed by atoms with E-state index in [2.05, 4.69) is 20.9 Å². The van der Waals surface area contributed by atoms with Crippen LogP contribution >= 0.6 is 27.5 Å². The van der Waals surface area contributed by atoms with E-state index >= 15 is 0 Å². The lowest BCUT2D eigenvalue weighted by Gasteiger charge is -2.01. The SMILES string of the molecule is Fc1ccc(-c2ocnc2CCl)c(Br)c1. The number of nitrogens with zero attached hydrogens (tertiary/aromatic N) is 1. The second-order valence-corrected chi connectivity index (χ2v) is 4.01. The van der Waals surface area contributed by atoms with E-state index in [-0.39, 0.29) is 11.7 Å². The number of oxazole rings is 1. The van der Waals surface area contributed by atoms with Crippen LogP contribution in [0.25, 0.3) is 11.3 Å². The lowest BCUT2D eigenvalue weighted by Crippen LogP contribution is -1.85. The first kappa shape index (κ1) is 10.6. The van der Waals surface area contributed by atoms with Crippen LogP contribution in [0.15, 0.2) is 33.5 Å². The summed E-state index contributed by atoms with van der Waals surface area (Å²) in [6.07, 6.45) is 1.32. The smallest absolute Gasteiger partial charge is 0.181 e. The van der Waals surface area contributed by atoms with Crippen molar-refractivity contribution in [3.8, 4) is 11.3 Å². The van der Waals surface area contributed by atoms with Gasteiger partial charge in [-0.1, -0.05) is 0 Å². The Bertz CT molecular complexity index is 486. The molecule has 2 nitrogen and oxygen atoms in total. The van der Waals surface area contributed by atoms with Gasteiger partial charge in [-0.2, -0.15) is 0 Å². The molecule has 0 amide bonds. The molecule has 1 aromatic carbocycles. The van der Waals surface area contributed by atoms with Crippen LogP contribution in [-0.4, -0.2) is 4.98 Å². The highest BCUT2D eigenvalue weighted by atomic mass is 79.9. The standard InChI is InChI=1S/C10H6BrClFNO/c11-8-3-6(13)1-2-7(8)10-9(4-12)14-5-15-10/h1-3,5H,4H2. The van der Waals surface area contributed by atoms with Gasteiger partial charge < -0.3 is 4.42 Å². The number of hydrogen-bond acceptors (Lipinski definition) is 2. The minimum absolute atomic E-state index is 0.260. The van der Waals surface area contributed by atoms with E-state index in [0.717, 1.165) is 5.56 Å². The Morgan fingerprint density at radius 2 is 2.27 bits per heavy atom. The minimum atomic E-state index is -0.308. The molecule has 0 saturated heterocycles. The summed E-state index contributed by atoms with van der Waals surface area (Å²) in [5.41, 5.74) is 1.38. The quantitative estimate of drug-likeness (QED) is 0.782. The summed E-state index contributed by atoms with van der Waals surface area (Å²) in [4.78, 5) is 3.96. The van der Waals surface area contributed by atoms with Crippen LogP contribution in [0.5, 0.6) is 0 Å². The van der Waals surface area contributed by atoms with Crippen LogP contribution < -0.4 is 0 Å². The first-order valence-corrected chi connectivity index (χ1v) is 5.49. The van der Waals surface area contributed by atoms with E-state index in [4.69, 9.17) is 16.0 Å². The van der Waals surface area contributed by atoms with E-state index in [0.29, 0.717) is 15.9 Å². The van der Waals surface area contributed by atoms with E-state index in [1.165, 1.54) is 18.5 Å². The Hall–Kier alpha value is -0.870. The Balaban J connectivity index is 2.54. The minimum Gasteiger partial charge on any atom is -0.443 e. The molecule has 0 bridgehead atoms. The van der Waals surface area contributed by atoms with Gasteiger partial charge in [-0.25, -0.2) is 9.37 Å². The summed E-state index contributed by atoms with van der Waals surface area (Å²) < 4.78 is 18.7. The van der Waals surface area contributed by atoms with Crippen molar-refractivity contribution in [2.45, 2.75) is 5.88 Å². The third kappa shape index (κ3) is 2.06. The van der Waals surface area contributed by atoms with Gasteiger partial charge in [0.15, 0.2) is 12.2 Å². The molecule has 0 unspecified atom stereocenters. The van der Waals surface area contributed by atoms with Crippen LogP contribution in [0.3, 0.4) is 0 Å². The van der Waals surface area contributed by atoms with Crippen molar-refractivity contribution in [3.63, 3.8) is 0 Å². The number of halogens is 3. The maximum atomic E-state index is 12.9. The van der Waals surface area contributed by atoms with E-state index in [9.17, 15) is 4.39 Å². The molecule has 0 aliphatic carbocycles. The number of rotatable bonds is 2. The molecule has 0 saturated carbocycles. The summed E-state index contributed by atoms with van der Waals surface area (Å²) in [7, 11) is 0. The van der Waals surface area contributed by atoms with Crippen LogP contribution in [-0.2, 0) is 5.88 Å². The average molecular weight is 291 g/mol. The molecule has 0 N–H and O–H groups in total. The topological polar surface area (TPSA) is 26.0 Å². The van der Waals surface area contributed by atoms with Crippen molar-refractivity contribution in [1.82, 2.24) is 4.98 Å². The molecule has 1 aromatic heterocycles. The van der Waals surface area contributed by atoms with Crippen LogP contribution in [0, 0.1) is 5.82 Å². The molecular formula is C10H6BrClFNO. The summed E-state index contributed by atoms with van der Waals surface area (Å²) >= 11 is 8.96. The monoisotopic (exact) mass is 289 g/mol. The van der Waals surface area contributed by atoms with Crippen molar-refractivity contribution in [1.29, 1.82) is 0 Å². The zero-order valence-corrected chi connectivity index (χ0v) is 9.85. The van der Waals surface area contributed by atoms with Gasteiger partial charge in [-0.3, -0.25) is 0 Å². The molecule has 0 radical (unpaired) electrons. The molecule has 2 rings (SSSR count). The first-order chi connectivity index (χ1) is 7.22. The summed E-state index contributed by atoms with van der Waals surface area (Å²) in [6.45, 7) is 0. The molecule has 78 valence electrons. The van der Waals surface area contributed by atoms with Crippen LogP contribution in [0.2, 0.25) is 0 Å². The Labute approximate surface area is 99.2 Å². The third-order valence-electron chi connectivity index (χ3n) is 1.94. The van der Waals surface area contributed by atoms with Gasteiger partial charge in [-0.05, 0) is 34.1 Å². The van der Waals surface area contributed by atoms with Gasteiger partial charge in [-0.15, -0.1) is 11.6 Å². The van der Waals surface area contributed by atoms with Crippen LogP contribution in [0.4, 0.5) is 4.39 Å². The lowest BCUT2D eigenvalue weighted by atomic mass is 10.1. The first-order valence-electron chi connectivity index (χ1n) is 4.16. The molecule has 0 atom stereocenters. The molecule has 0 aliphatic rings. The van der Waals surface area contributed by atoms with Crippen LogP contribution in [0.1, 0.15) is 5.69 Å². The Kier molecular flexibility index (Phi) is 3.07. The highest BCUT2D eigenvalue weighted by molar-refractivity contribution is 9.10. The van der Waals surface area contributed by atoms with Gasteiger partial charge >= 0.3 is 0 Å². The largest absolute Gasteiger partial charge is 0.443 e. The van der Waals surface area contributed by atoms with Gasteiger partial charge in [0, 0.05) is 10.0 Å². The molecular weight excluding hydrogens is 284 g/mol. The highest BCUT2D eigenvalue weighted by Crippen LogP contribution is 2.31. The van der Waals surface area contributed by atoms with E-state index < -0.39 is 0 Å². The van der Waals surface area contributed by atoms with Gasteiger partial charge in [0.05, 0.1) is 5.88 Å². The maximum absolute atomic E-state index is 12.9. The molecule has 0 fully saturated rings. The summed E-state index contributed by atoms with van der Waals surface area (Å²) in [5.74, 6) is 0.518. The van der Waals surface area contributed by atoms with Crippen molar-refractivity contribution in [2.75, 3.05) is 0 Å². The second-order valence-electron chi connectivity index (χ2n) is 2.89. The number of benzene rings is 1. The Morgan fingerprint density at radius 1 is 1.47 bits per heavy atom. The fourth-order valence-electron chi connectivity index (χ4n) is 1.26. The molecule has 15 heavy (non-hydrogen) atoms. The second kappa shape index (κ2) is 4.33. The van der Waals surface area contributed by atoms with Crippen molar-refractivity contribution in [3.05, 3.63) is 40.6 Å². The number of alkyl halides is 1. The van der Waals surface area contributed by atoms with E-state index in [1.54, 1.807) is 6.07 Å². The van der Waals surface area contributed by atoms with Crippen molar-refractivity contribution < 1.29 is 8.81 Å². The fraction of sp³-hybridized carbons (Fsp3) is 0.100. The van der Waals surface area contributed by atoms with Crippen molar-refractivity contribution >= 4 is 27.5 Å². The predicted octanol–water partition coefficient (Wildman–Crippen LogP) is 3.98. The van der Waals surface area contributed by atoms with E-state index in [1.807, 2.05) is 0 Å². The van der Waals surface area contributed by atoms with Crippen molar-refractivity contribution in [2.24, 2.45) is 0 Å². The zero-order valence-electron chi connectivity index (χ0n) is 7.51. The number of hydrogen-bond donors (Lipinski definition) is 0. The third-order valence-corrected chi connectivity index (χ3v) is 2.85. The zero-order chi connectivity index (χ0) is 10.8. The average Bonchev–Trinajstić information content (AvgIpc) is 2.65. The van der Waals surface area contributed by atoms with Gasteiger partial charge in [0.2, 0.25) is 0 Å². The highest BCUT2D eigenvalue weighted by Gasteiger charge is 2.13. The molecule has 5 heteroatoms. The molecule has 1 heterocycles. The molecule has 0 aliphatic heterocycles. The Morgan fingerprint density at radius 3 is 2.93 bits per heavy atom.